The number of fused-ring (bicyclic) bond motifs is 1. The van der Waals surface area contributed by atoms with Crippen molar-refractivity contribution in [2.75, 3.05) is 0 Å². The normalized spacial score (nSPS) is 14.8. The van der Waals surface area contributed by atoms with Crippen molar-refractivity contribution in [3.8, 4) is 10.6 Å². The molecule has 1 aromatic carbocycles. The molecule has 100 valence electrons. The summed E-state index contributed by atoms with van der Waals surface area (Å²) in [4.78, 5) is 16.3. The van der Waals surface area contributed by atoms with Crippen LogP contribution in [0.4, 0.5) is 0 Å². The number of carboxylic acid groups (broad SMARTS) is 1. The lowest BCUT2D eigenvalue weighted by Gasteiger charge is -1.92. The van der Waals surface area contributed by atoms with Crippen LogP contribution in [0.1, 0.15) is 34.1 Å². The van der Waals surface area contributed by atoms with E-state index in [1.165, 1.54) is 11.3 Å². The largest absolute Gasteiger partial charge is 0.477 e. The van der Waals surface area contributed by atoms with Crippen molar-refractivity contribution in [3.05, 3.63) is 41.1 Å². The van der Waals surface area contributed by atoms with Crippen LogP contribution < -0.4 is 0 Å². The molecule has 2 aromatic heterocycles. The minimum Gasteiger partial charge on any atom is -0.477 e. The summed E-state index contributed by atoms with van der Waals surface area (Å²) in [6, 6.07) is 7.71. The van der Waals surface area contributed by atoms with E-state index in [9.17, 15) is 9.90 Å². The molecular weight excluding hydrogens is 274 g/mol. The van der Waals surface area contributed by atoms with Crippen molar-refractivity contribution in [1.82, 2.24) is 4.98 Å². The Labute approximate surface area is 118 Å². The van der Waals surface area contributed by atoms with Gasteiger partial charge >= 0.3 is 5.97 Å². The highest BCUT2D eigenvalue weighted by molar-refractivity contribution is 7.17. The van der Waals surface area contributed by atoms with Crippen molar-refractivity contribution in [3.63, 3.8) is 0 Å². The number of rotatable bonds is 3. The monoisotopic (exact) mass is 285 g/mol. The fraction of sp³-hybridized carbons (Fsp3) is 0.200. The van der Waals surface area contributed by atoms with E-state index in [1.54, 1.807) is 6.26 Å². The van der Waals surface area contributed by atoms with E-state index in [1.807, 2.05) is 24.3 Å². The van der Waals surface area contributed by atoms with Gasteiger partial charge in [0.1, 0.15) is 21.7 Å². The van der Waals surface area contributed by atoms with Gasteiger partial charge in [-0.25, -0.2) is 9.78 Å². The molecule has 4 nitrogen and oxygen atoms in total. The maximum atomic E-state index is 11.3. The van der Waals surface area contributed by atoms with E-state index in [4.69, 9.17) is 4.42 Å². The molecule has 0 saturated heterocycles. The van der Waals surface area contributed by atoms with E-state index in [-0.39, 0.29) is 0 Å². The summed E-state index contributed by atoms with van der Waals surface area (Å²) in [5.74, 6) is -0.562. The third-order valence-corrected chi connectivity index (χ3v) is 4.62. The van der Waals surface area contributed by atoms with Crippen molar-refractivity contribution in [2.45, 2.75) is 18.8 Å². The summed E-state index contributed by atoms with van der Waals surface area (Å²) in [6.45, 7) is 0. The van der Waals surface area contributed by atoms with Gasteiger partial charge in [0.15, 0.2) is 0 Å². The highest BCUT2D eigenvalue weighted by Gasteiger charge is 2.32. The maximum Gasteiger partial charge on any atom is 0.347 e. The van der Waals surface area contributed by atoms with Crippen LogP contribution in [-0.2, 0) is 0 Å². The summed E-state index contributed by atoms with van der Waals surface area (Å²) >= 11 is 1.24. The SMILES string of the molecule is O=C(O)c1sc(-c2coc3ccccc23)nc1C1CC1. The number of aromatic nitrogens is 1. The molecule has 5 heteroatoms. The summed E-state index contributed by atoms with van der Waals surface area (Å²) in [7, 11) is 0. The van der Waals surface area contributed by atoms with Crippen LogP contribution in [0.2, 0.25) is 0 Å². The second kappa shape index (κ2) is 4.18. The Kier molecular flexibility index (Phi) is 2.44. The van der Waals surface area contributed by atoms with Gasteiger partial charge in [-0.15, -0.1) is 11.3 Å². The highest BCUT2D eigenvalue weighted by atomic mass is 32.1. The lowest BCUT2D eigenvalue weighted by Crippen LogP contribution is -1.97. The number of hydrogen-bond acceptors (Lipinski definition) is 4. The Balaban J connectivity index is 1.90. The van der Waals surface area contributed by atoms with Gasteiger partial charge in [-0.05, 0) is 18.9 Å². The number of para-hydroxylation sites is 1. The number of hydrogen-bond donors (Lipinski definition) is 1. The zero-order valence-electron chi connectivity index (χ0n) is 10.5. The van der Waals surface area contributed by atoms with Crippen LogP contribution >= 0.6 is 11.3 Å². The van der Waals surface area contributed by atoms with E-state index >= 15 is 0 Å². The predicted octanol–water partition coefficient (Wildman–Crippen LogP) is 4.13. The molecule has 0 bridgehead atoms. The average molecular weight is 285 g/mol. The Morgan fingerprint density at radius 1 is 1.35 bits per heavy atom. The van der Waals surface area contributed by atoms with E-state index in [0.29, 0.717) is 10.8 Å². The van der Waals surface area contributed by atoms with Gasteiger partial charge in [-0.2, -0.15) is 0 Å². The number of aromatic carboxylic acids is 1. The molecule has 0 spiro atoms. The van der Waals surface area contributed by atoms with Crippen LogP contribution in [0.3, 0.4) is 0 Å². The third kappa shape index (κ3) is 1.74. The lowest BCUT2D eigenvalue weighted by molar-refractivity contribution is 0.0700. The molecule has 1 N–H and O–H groups in total. The van der Waals surface area contributed by atoms with Gasteiger partial charge in [0.25, 0.3) is 0 Å². The van der Waals surface area contributed by atoms with E-state index in [2.05, 4.69) is 4.98 Å². The fourth-order valence-corrected chi connectivity index (χ4v) is 3.39. The summed E-state index contributed by atoms with van der Waals surface area (Å²) in [5, 5.41) is 11.0. The summed E-state index contributed by atoms with van der Waals surface area (Å²) in [6.07, 6.45) is 3.73. The first kappa shape index (κ1) is 11.7. The van der Waals surface area contributed by atoms with Gasteiger partial charge in [-0.3, -0.25) is 0 Å². The molecule has 4 rings (SSSR count). The van der Waals surface area contributed by atoms with Crippen molar-refractivity contribution < 1.29 is 14.3 Å². The standard InChI is InChI=1S/C15H11NO3S/c17-15(18)13-12(8-5-6-8)16-14(20-13)10-7-19-11-4-2-1-3-9(10)11/h1-4,7-8H,5-6H2,(H,17,18). The molecular formula is C15H11NO3S. The van der Waals surface area contributed by atoms with Gasteiger partial charge < -0.3 is 9.52 Å². The molecule has 0 aliphatic heterocycles. The Hall–Kier alpha value is -2.14. The van der Waals surface area contributed by atoms with Crippen LogP contribution in [0.5, 0.6) is 0 Å². The van der Waals surface area contributed by atoms with Crippen molar-refractivity contribution in [1.29, 1.82) is 0 Å². The molecule has 1 aliphatic rings. The highest BCUT2D eigenvalue weighted by Crippen LogP contribution is 2.45. The molecule has 2 heterocycles. The molecule has 0 amide bonds. The summed E-state index contributed by atoms with van der Waals surface area (Å²) < 4.78 is 5.51. The average Bonchev–Trinajstić information content (AvgIpc) is 3.05. The first-order valence-corrected chi connectivity index (χ1v) is 7.26. The number of carboxylic acids is 1. The molecule has 0 unspecified atom stereocenters. The number of benzene rings is 1. The van der Waals surface area contributed by atoms with E-state index < -0.39 is 5.97 Å². The zero-order chi connectivity index (χ0) is 13.7. The molecule has 1 fully saturated rings. The quantitative estimate of drug-likeness (QED) is 0.785. The third-order valence-electron chi connectivity index (χ3n) is 3.52. The van der Waals surface area contributed by atoms with Crippen LogP contribution in [0, 0.1) is 0 Å². The minimum atomic E-state index is -0.886. The molecule has 20 heavy (non-hydrogen) atoms. The van der Waals surface area contributed by atoms with Crippen LogP contribution in [-0.4, -0.2) is 16.1 Å². The second-order valence-electron chi connectivity index (χ2n) is 4.96. The van der Waals surface area contributed by atoms with Gasteiger partial charge in [-0.1, -0.05) is 18.2 Å². The van der Waals surface area contributed by atoms with Gasteiger partial charge in [0, 0.05) is 11.3 Å². The first-order chi connectivity index (χ1) is 9.74. The van der Waals surface area contributed by atoms with Crippen LogP contribution in [0.25, 0.3) is 21.5 Å². The molecule has 3 aromatic rings. The van der Waals surface area contributed by atoms with Crippen LogP contribution in [0.15, 0.2) is 34.9 Å². The number of carbonyl (C=O) groups is 1. The van der Waals surface area contributed by atoms with Gasteiger partial charge in [0.2, 0.25) is 0 Å². The van der Waals surface area contributed by atoms with E-state index in [0.717, 1.165) is 40.1 Å². The summed E-state index contributed by atoms with van der Waals surface area (Å²) in [5.41, 5.74) is 2.41. The predicted molar refractivity (Wildman–Crippen MR) is 76.3 cm³/mol. The van der Waals surface area contributed by atoms with Gasteiger partial charge in [0.05, 0.1) is 11.3 Å². The lowest BCUT2D eigenvalue weighted by atomic mass is 10.2. The Morgan fingerprint density at radius 3 is 2.90 bits per heavy atom. The minimum absolute atomic E-state index is 0.323. The smallest absolute Gasteiger partial charge is 0.347 e. The fourth-order valence-electron chi connectivity index (χ4n) is 2.38. The topological polar surface area (TPSA) is 63.3 Å². The zero-order valence-corrected chi connectivity index (χ0v) is 11.3. The van der Waals surface area contributed by atoms with Crippen molar-refractivity contribution in [2.24, 2.45) is 0 Å². The molecule has 0 radical (unpaired) electrons. The number of nitrogens with zero attached hydrogens (tertiary/aromatic N) is 1. The Morgan fingerprint density at radius 2 is 2.15 bits per heavy atom. The maximum absolute atomic E-state index is 11.3. The molecule has 1 saturated carbocycles. The molecule has 1 aliphatic carbocycles. The Bertz CT molecular complexity index is 814. The first-order valence-electron chi connectivity index (χ1n) is 6.44. The second-order valence-corrected chi connectivity index (χ2v) is 5.96. The number of furan rings is 1. The van der Waals surface area contributed by atoms with Crippen molar-refractivity contribution >= 4 is 28.3 Å². The number of thiazole rings is 1. The molecule has 0 atom stereocenters.